The first kappa shape index (κ1) is 18.6. The lowest BCUT2D eigenvalue weighted by Crippen LogP contribution is -2.42. The summed E-state index contributed by atoms with van der Waals surface area (Å²) in [6.07, 6.45) is 0.574. The Morgan fingerprint density at radius 1 is 1.13 bits per heavy atom. The predicted molar refractivity (Wildman–Crippen MR) is 111 cm³/mol. The van der Waals surface area contributed by atoms with Crippen molar-refractivity contribution in [3.05, 3.63) is 42.0 Å². The molecule has 3 amide bonds. The molecular weight excluding hydrogens is 386 g/mol. The van der Waals surface area contributed by atoms with Crippen LogP contribution in [-0.4, -0.2) is 57.3 Å². The highest BCUT2D eigenvalue weighted by atomic mass is 16.6. The first-order chi connectivity index (χ1) is 14.5. The molecule has 0 bridgehead atoms. The highest BCUT2D eigenvalue weighted by Crippen LogP contribution is 2.48. The van der Waals surface area contributed by atoms with Crippen LogP contribution in [0.2, 0.25) is 0 Å². The van der Waals surface area contributed by atoms with Crippen molar-refractivity contribution < 1.29 is 23.8 Å². The van der Waals surface area contributed by atoms with Gasteiger partial charge in [0.1, 0.15) is 19.0 Å². The number of likely N-dealkylation sites (N-methyl/N-ethyl adjacent to an activating group) is 1. The Kier molecular flexibility index (Phi) is 4.23. The number of fused-ring (bicyclic) bond motifs is 3. The van der Waals surface area contributed by atoms with Crippen LogP contribution in [0.1, 0.15) is 12.0 Å². The van der Waals surface area contributed by atoms with E-state index in [1.54, 1.807) is 42.2 Å². The van der Waals surface area contributed by atoms with E-state index >= 15 is 0 Å². The van der Waals surface area contributed by atoms with Gasteiger partial charge in [-0.15, -0.1) is 0 Å². The molecule has 0 unspecified atom stereocenters. The number of likely N-dealkylation sites (tertiary alicyclic amines) is 1. The second kappa shape index (κ2) is 6.83. The van der Waals surface area contributed by atoms with Crippen molar-refractivity contribution in [2.45, 2.75) is 11.8 Å². The minimum Gasteiger partial charge on any atom is -0.497 e. The Morgan fingerprint density at radius 2 is 1.93 bits per heavy atom. The lowest BCUT2D eigenvalue weighted by molar-refractivity contribution is -0.122. The Hall–Kier alpha value is -3.42. The molecule has 2 aromatic rings. The zero-order valence-electron chi connectivity index (χ0n) is 16.9. The first-order valence-corrected chi connectivity index (χ1v) is 9.94. The standard InChI is InChI=1S/C22H23N3O5/c1-24-17-5-4-15(28-2)12-16(17)22(20(24)26)7-8-25(13-22)21(27)23-14-3-6-18-19(11-14)30-10-9-29-18/h3-6,11-12H,7-10,13H2,1-2H3,(H,23,27)/t22-/m1/s1. The summed E-state index contributed by atoms with van der Waals surface area (Å²) in [6.45, 7) is 1.82. The summed E-state index contributed by atoms with van der Waals surface area (Å²) in [4.78, 5) is 29.5. The van der Waals surface area contributed by atoms with E-state index in [4.69, 9.17) is 14.2 Å². The van der Waals surface area contributed by atoms with Gasteiger partial charge in [-0.2, -0.15) is 0 Å². The van der Waals surface area contributed by atoms with Crippen molar-refractivity contribution in [2.24, 2.45) is 0 Å². The number of methoxy groups -OCH3 is 1. The van der Waals surface area contributed by atoms with Crippen molar-refractivity contribution in [2.75, 3.05) is 50.7 Å². The number of carbonyl (C=O) groups excluding carboxylic acids is 2. The third-order valence-electron chi connectivity index (χ3n) is 6.14. The Labute approximate surface area is 174 Å². The van der Waals surface area contributed by atoms with Crippen LogP contribution in [0.25, 0.3) is 0 Å². The highest BCUT2D eigenvalue weighted by Gasteiger charge is 2.54. The number of benzene rings is 2. The molecule has 0 aliphatic carbocycles. The van der Waals surface area contributed by atoms with Crippen molar-refractivity contribution in [1.82, 2.24) is 4.90 Å². The third-order valence-corrected chi connectivity index (χ3v) is 6.14. The SMILES string of the molecule is COc1ccc2c(c1)[C@]1(CCN(C(=O)Nc3ccc4c(c3)OCCO4)C1)C(=O)N2C. The number of hydrogen-bond donors (Lipinski definition) is 1. The molecule has 1 atom stereocenters. The van der Waals surface area contributed by atoms with E-state index in [1.807, 2.05) is 18.2 Å². The van der Waals surface area contributed by atoms with Crippen LogP contribution in [0.4, 0.5) is 16.2 Å². The quantitative estimate of drug-likeness (QED) is 0.825. The number of nitrogens with zero attached hydrogens (tertiary/aromatic N) is 2. The normalized spacial score (nSPS) is 21.7. The zero-order valence-corrected chi connectivity index (χ0v) is 16.9. The zero-order chi connectivity index (χ0) is 20.9. The van der Waals surface area contributed by atoms with E-state index in [0.717, 1.165) is 11.3 Å². The molecule has 1 fully saturated rings. The molecule has 1 saturated heterocycles. The molecule has 1 N–H and O–H groups in total. The lowest BCUT2D eigenvalue weighted by atomic mass is 9.81. The van der Waals surface area contributed by atoms with Crippen LogP contribution < -0.4 is 24.4 Å². The number of amides is 3. The van der Waals surface area contributed by atoms with Gasteiger partial charge >= 0.3 is 6.03 Å². The average Bonchev–Trinajstić information content (AvgIpc) is 3.31. The highest BCUT2D eigenvalue weighted by molar-refractivity contribution is 6.09. The lowest BCUT2D eigenvalue weighted by Gasteiger charge is -2.24. The minimum absolute atomic E-state index is 0.0142. The molecule has 8 nitrogen and oxygen atoms in total. The van der Waals surface area contributed by atoms with Gasteiger partial charge in [0.15, 0.2) is 11.5 Å². The topological polar surface area (TPSA) is 80.3 Å². The summed E-state index contributed by atoms with van der Waals surface area (Å²) in [5.41, 5.74) is 1.68. The molecule has 2 aromatic carbocycles. The van der Waals surface area contributed by atoms with E-state index in [9.17, 15) is 9.59 Å². The molecule has 3 heterocycles. The maximum absolute atomic E-state index is 13.2. The van der Waals surface area contributed by atoms with Crippen LogP contribution in [0.15, 0.2) is 36.4 Å². The number of carbonyl (C=O) groups is 2. The van der Waals surface area contributed by atoms with Gasteiger partial charge in [0.25, 0.3) is 0 Å². The van der Waals surface area contributed by atoms with E-state index in [1.165, 1.54) is 0 Å². The van der Waals surface area contributed by atoms with Gasteiger partial charge in [0.2, 0.25) is 5.91 Å². The van der Waals surface area contributed by atoms with Crippen molar-refractivity contribution >= 4 is 23.3 Å². The second-order valence-electron chi connectivity index (χ2n) is 7.79. The van der Waals surface area contributed by atoms with Crippen LogP contribution in [0, 0.1) is 0 Å². The fraction of sp³-hybridized carbons (Fsp3) is 0.364. The van der Waals surface area contributed by atoms with Crippen LogP contribution in [-0.2, 0) is 10.2 Å². The van der Waals surface area contributed by atoms with E-state index < -0.39 is 5.41 Å². The van der Waals surface area contributed by atoms with Crippen LogP contribution in [0.3, 0.4) is 0 Å². The summed E-state index contributed by atoms with van der Waals surface area (Å²) in [6, 6.07) is 10.8. The van der Waals surface area contributed by atoms with E-state index in [-0.39, 0.29) is 11.9 Å². The van der Waals surface area contributed by atoms with Gasteiger partial charge in [-0.05, 0) is 42.3 Å². The molecule has 0 saturated carbocycles. The first-order valence-electron chi connectivity index (χ1n) is 9.94. The second-order valence-corrected chi connectivity index (χ2v) is 7.79. The molecule has 1 spiro atoms. The summed E-state index contributed by atoms with van der Waals surface area (Å²) in [7, 11) is 3.39. The number of urea groups is 1. The number of ether oxygens (including phenoxy) is 3. The average molecular weight is 409 g/mol. The van der Waals surface area contributed by atoms with Crippen LogP contribution in [0.5, 0.6) is 17.2 Å². The number of hydrogen-bond acceptors (Lipinski definition) is 5. The molecule has 0 aromatic heterocycles. The fourth-order valence-corrected chi connectivity index (χ4v) is 4.56. The molecule has 3 aliphatic heterocycles. The molecule has 5 rings (SSSR count). The molecule has 8 heteroatoms. The molecule has 156 valence electrons. The van der Waals surface area contributed by atoms with Gasteiger partial charge in [-0.25, -0.2) is 4.79 Å². The Bertz CT molecular complexity index is 1040. The van der Waals surface area contributed by atoms with Gasteiger partial charge in [0, 0.05) is 37.6 Å². The largest absolute Gasteiger partial charge is 0.497 e. The predicted octanol–water partition coefficient (Wildman–Crippen LogP) is 2.62. The summed E-state index contributed by atoms with van der Waals surface area (Å²) < 4.78 is 16.5. The van der Waals surface area contributed by atoms with Crippen LogP contribution >= 0.6 is 0 Å². The fourth-order valence-electron chi connectivity index (χ4n) is 4.56. The Morgan fingerprint density at radius 3 is 2.73 bits per heavy atom. The third kappa shape index (κ3) is 2.74. The molecule has 3 aliphatic rings. The van der Waals surface area contributed by atoms with Gasteiger partial charge < -0.3 is 29.3 Å². The van der Waals surface area contributed by atoms with E-state index in [2.05, 4.69) is 5.32 Å². The van der Waals surface area contributed by atoms with Crippen molar-refractivity contribution in [3.8, 4) is 17.2 Å². The monoisotopic (exact) mass is 409 g/mol. The maximum atomic E-state index is 13.2. The van der Waals surface area contributed by atoms with Gasteiger partial charge in [0.05, 0.1) is 12.5 Å². The summed E-state index contributed by atoms with van der Waals surface area (Å²) >= 11 is 0. The van der Waals surface area contributed by atoms with Gasteiger partial charge in [-0.1, -0.05) is 0 Å². The minimum atomic E-state index is -0.733. The van der Waals surface area contributed by atoms with Crippen molar-refractivity contribution in [1.29, 1.82) is 0 Å². The van der Waals surface area contributed by atoms with Crippen molar-refractivity contribution in [3.63, 3.8) is 0 Å². The number of nitrogens with one attached hydrogen (secondary N) is 1. The van der Waals surface area contributed by atoms with Gasteiger partial charge in [-0.3, -0.25) is 4.79 Å². The Balaban J connectivity index is 1.37. The molecular formula is C22H23N3O5. The summed E-state index contributed by atoms with van der Waals surface area (Å²) in [5.74, 6) is 2.01. The summed E-state index contributed by atoms with van der Waals surface area (Å²) in [5, 5.41) is 2.91. The van der Waals surface area contributed by atoms with E-state index in [0.29, 0.717) is 55.7 Å². The maximum Gasteiger partial charge on any atom is 0.321 e. The number of anilines is 2. The number of rotatable bonds is 2. The smallest absolute Gasteiger partial charge is 0.321 e. The molecule has 30 heavy (non-hydrogen) atoms. The molecule has 0 radical (unpaired) electrons.